The monoisotopic (exact) mass is 422 g/mol. The summed E-state index contributed by atoms with van der Waals surface area (Å²) in [7, 11) is 0. The number of thioether (sulfide) groups is 1. The second kappa shape index (κ2) is 10.1. The number of oxazole rings is 1. The van der Waals surface area contributed by atoms with E-state index >= 15 is 0 Å². The molecule has 8 heteroatoms. The van der Waals surface area contributed by atoms with Crippen LogP contribution >= 0.6 is 23.4 Å². The number of carbonyl (C=O) groups is 2. The van der Waals surface area contributed by atoms with Gasteiger partial charge < -0.3 is 9.15 Å². The van der Waals surface area contributed by atoms with Gasteiger partial charge in [-0.15, -0.1) is 0 Å². The van der Waals surface area contributed by atoms with Crippen molar-refractivity contribution in [2.24, 2.45) is 0 Å². The zero-order valence-corrected chi connectivity index (χ0v) is 17.3. The summed E-state index contributed by atoms with van der Waals surface area (Å²) in [6.07, 6.45) is 4.25. The first-order chi connectivity index (χ1) is 13.5. The standard InChI is InChI=1S/C20H23ClN2O4S/c1-13-16(22-19(27-13)14-6-8-15(21)9-7-14)10-12-26-11-4-2-3-5-17-18(24)23-20(25)28-17/h6-9,17H,2-5,10-12H2,1H3,(H,23,24,25). The molecule has 0 bridgehead atoms. The van der Waals surface area contributed by atoms with Gasteiger partial charge in [0, 0.05) is 23.6 Å². The van der Waals surface area contributed by atoms with Gasteiger partial charge in [0.2, 0.25) is 11.8 Å². The van der Waals surface area contributed by atoms with Gasteiger partial charge in [0.25, 0.3) is 5.24 Å². The largest absolute Gasteiger partial charge is 0.441 e. The summed E-state index contributed by atoms with van der Waals surface area (Å²) in [5.41, 5.74) is 1.80. The van der Waals surface area contributed by atoms with Crippen molar-refractivity contribution in [2.75, 3.05) is 13.2 Å². The Bertz CT molecular complexity index is 822. The van der Waals surface area contributed by atoms with Crippen LogP contribution in [0.5, 0.6) is 0 Å². The molecule has 0 aliphatic carbocycles. The number of rotatable bonds is 10. The third kappa shape index (κ3) is 5.83. The molecule has 1 aliphatic rings. The van der Waals surface area contributed by atoms with Crippen LogP contribution in [0.3, 0.4) is 0 Å². The number of hydrogen-bond donors (Lipinski definition) is 1. The maximum absolute atomic E-state index is 11.5. The Morgan fingerprint density at radius 3 is 2.68 bits per heavy atom. The third-order valence-corrected chi connectivity index (χ3v) is 5.79. The van der Waals surface area contributed by atoms with Crippen molar-refractivity contribution in [3.05, 3.63) is 40.7 Å². The van der Waals surface area contributed by atoms with Gasteiger partial charge in [-0.2, -0.15) is 0 Å². The number of nitrogens with one attached hydrogen (secondary N) is 1. The average molecular weight is 423 g/mol. The third-order valence-electron chi connectivity index (χ3n) is 4.49. The van der Waals surface area contributed by atoms with Gasteiger partial charge in [-0.3, -0.25) is 14.9 Å². The molecule has 1 unspecified atom stereocenters. The van der Waals surface area contributed by atoms with E-state index in [0.29, 0.717) is 30.5 Å². The zero-order chi connectivity index (χ0) is 19.9. The molecule has 1 saturated heterocycles. The molecule has 2 aromatic rings. The Morgan fingerprint density at radius 1 is 1.18 bits per heavy atom. The Kier molecular flexibility index (Phi) is 7.53. The molecule has 1 aromatic carbocycles. The first kappa shape index (κ1) is 20.9. The number of halogens is 1. The highest BCUT2D eigenvalue weighted by atomic mass is 35.5. The molecule has 1 atom stereocenters. The summed E-state index contributed by atoms with van der Waals surface area (Å²) in [4.78, 5) is 27.1. The van der Waals surface area contributed by atoms with E-state index in [1.165, 1.54) is 0 Å². The predicted octanol–water partition coefficient (Wildman–Crippen LogP) is 4.77. The number of benzene rings is 1. The van der Waals surface area contributed by atoms with Gasteiger partial charge in [-0.05, 0) is 44.0 Å². The zero-order valence-electron chi connectivity index (χ0n) is 15.7. The van der Waals surface area contributed by atoms with Crippen molar-refractivity contribution in [2.45, 2.75) is 44.3 Å². The van der Waals surface area contributed by atoms with Crippen LogP contribution in [0.25, 0.3) is 11.5 Å². The van der Waals surface area contributed by atoms with Crippen LogP contribution in [0.4, 0.5) is 4.79 Å². The van der Waals surface area contributed by atoms with Crippen LogP contribution in [-0.2, 0) is 16.0 Å². The topological polar surface area (TPSA) is 81.4 Å². The number of unbranched alkanes of at least 4 members (excludes halogenated alkanes) is 2. The highest BCUT2D eigenvalue weighted by molar-refractivity contribution is 8.15. The van der Waals surface area contributed by atoms with E-state index in [-0.39, 0.29) is 16.4 Å². The molecule has 28 heavy (non-hydrogen) atoms. The van der Waals surface area contributed by atoms with Gasteiger partial charge in [-0.25, -0.2) is 4.98 Å². The lowest BCUT2D eigenvalue weighted by Crippen LogP contribution is -2.24. The molecule has 6 nitrogen and oxygen atoms in total. The molecule has 0 radical (unpaired) electrons. The molecule has 2 amide bonds. The molecule has 150 valence electrons. The molecule has 0 saturated carbocycles. The Hall–Kier alpha value is -1.83. The summed E-state index contributed by atoms with van der Waals surface area (Å²) in [5.74, 6) is 1.24. The van der Waals surface area contributed by atoms with Crippen molar-refractivity contribution in [3.63, 3.8) is 0 Å². The lowest BCUT2D eigenvalue weighted by Gasteiger charge is -2.05. The van der Waals surface area contributed by atoms with Gasteiger partial charge in [0.05, 0.1) is 17.6 Å². The van der Waals surface area contributed by atoms with Crippen LogP contribution in [-0.4, -0.2) is 34.6 Å². The van der Waals surface area contributed by atoms with Gasteiger partial charge >= 0.3 is 0 Å². The lowest BCUT2D eigenvalue weighted by molar-refractivity contribution is -0.119. The minimum absolute atomic E-state index is 0.160. The van der Waals surface area contributed by atoms with Crippen molar-refractivity contribution in [1.29, 1.82) is 0 Å². The number of ether oxygens (including phenoxy) is 1. The van der Waals surface area contributed by atoms with Crippen molar-refractivity contribution in [1.82, 2.24) is 10.3 Å². The van der Waals surface area contributed by atoms with Crippen LogP contribution in [0.1, 0.15) is 37.1 Å². The summed E-state index contributed by atoms with van der Waals surface area (Å²) in [6.45, 7) is 3.16. The van der Waals surface area contributed by atoms with Crippen LogP contribution < -0.4 is 5.32 Å². The minimum Gasteiger partial charge on any atom is -0.441 e. The fraction of sp³-hybridized carbons (Fsp3) is 0.450. The number of aromatic nitrogens is 1. The van der Waals surface area contributed by atoms with E-state index in [1.807, 2.05) is 31.2 Å². The Balaban J connectivity index is 1.31. The predicted molar refractivity (Wildman–Crippen MR) is 110 cm³/mol. The molecular weight excluding hydrogens is 400 g/mol. The van der Waals surface area contributed by atoms with E-state index in [2.05, 4.69) is 10.3 Å². The van der Waals surface area contributed by atoms with Crippen molar-refractivity contribution in [3.8, 4) is 11.5 Å². The molecular formula is C20H23ClN2O4S. The van der Waals surface area contributed by atoms with E-state index in [4.69, 9.17) is 20.8 Å². The summed E-state index contributed by atoms with van der Waals surface area (Å²) < 4.78 is 11.4. The number of amides is 2. The summed E-state index contributed by atoms with van der Waals surface area (Å²) >= 11 is 7.00. The number of carbonyl (C=O) groups excluding carboxylic acids is 2. The molecule has 2 heterocycles. The SMILES string of the molecule is Cc1oc(-c2ccc(Cl)cc2)nc1CCOCCCCCC1SC(=O)NC1=O. The highest BCUT2D eigenvalue weighted by Gasteiger charge is 2.30. The van der Waals surface area contributed by atoms with Crippen molar-refractivity contribution < 1.29 is 18.7 Å². The van der Waals surface area contributed by atoms with Gasteiger partial charge in [0.15, 0.2) is 0 Å². The molecule has 1 aromatic heterocycles. The molecule has 3 rings (SSSR count). The molecule has 1 fully saturated rings. The second-order valence-electron chi connectivity index (χ2n) is 6.62. The smallest absolute Gasteiger partial charge is 0.286 e. The van der Waals surface area contributed by atoms with Crippen molar-refractivity contribution >= 4 is 34.5 Å². The van der Waals surface area contributed by atoms with Crippen LogP contribution in [0.15, 0.2) is 28.7 Å². The van der Waals surface area contributed by atoms with E-state index in [0.717, 1.165) is 54.5 Å². The Labute approximate surface area is 173 Å². The fourth-order valence-corrected chi connectivity index (χ4v) is 3.94. The Morgan fingerprint density at radius 2 is 1.96 bits per heavy atom. The van der Waals surface area contributed by atoms with Gasteiger partial charge in [0.1, 0.15) is 5.76 Å². The summed E-state index contributed by atoms with van der Waals surface area (Å²) in [6, 6.07) is 7.40. The average Bonchev–Trinajstić information content (AvgIpc) is 3.19. The maximum atomic E-state index is 11.5. The van der Waals surface area contributed by atoms with Crippen LogP contribution in [0.2, 0.25) is 5.02 Å². The van der Waals surface area contributed by atoms with E-state index in [1.54, 1.807) is 0 Å². The molecule has 0 spiro atoms. The lowest BCUT2D eigenvalue weighted by atomic mass is 10.1. The second-order valence-corrected chi connectivity index (χ2v) is 8.24. The normalized spacial score (nSPS) is 16.6. The molecule has 1 N–H and O–H groups in total. The number of imide groups is 1. The number of hydrogen-bond acceptors (Lipinski definition) is 6. The van der Waals surface area contributed by atoms with E-state index < -0.39 is 0 Å². The number of aryl methyl sites for hydroxylation is 1. The highest BCUT2D eigenvalue weighted by Crippen LogP contribution is 2.25. The number of nitrogens with zero attached hydrogens (tertiary/aromatic N) is 1. The first-order valence-electron chi connectivity index (χ1n) is 9.34. The minimum atomic E-state index is -0.235. The maximum Gasteiger partial charge on any atom is 0.286 e. The first-order valence-corrected chi connectivity index (χ1v) is 10.6. The van der Waals surface area contributed by atoms with E-state index in [9.17, 15) is 9.59 Å². The fourth-order valence-electron chi connectivity index (χ4n) is 2.94. The van der Waals surface area contributed by atoms with Crippen LogP contribution in [0, 0.1) is 6.92 Å². The van der Waals surface area contributed by atoms with Gasteiger partial charge in [-0.1, -0.05) is 36.2 Å². The summed E-state index contributed by atoms with van der Waals surface area (Å²) in [5, 5.41) is 2.53. The quantitative estimate of drug-likeness (QED) is 0.555. The molecule has 1 aliphatic heterocycles.